The van der Waals surface area contributed by atoms with Crippen molar-refractivity contribution >= 4 is 64.1 Å². The van der Waals surface area contributed by atoms with Gasteiger partial charge in [0.25, 0.3) is 5.91 Å². The summed E-state index contributed by atoms with van der Waals surface area (Å²) >= 11 is 19.2. The third-order valence-electron chi connectivity index (χ3n) is 4.50. The molecule has 0 fully saturated rings. The summed E-state index contributed by atoms with van der Waals surface area (Å²) < 4.78 is 1.84. The van der Waals surface area contributed by atoms with Crippen LogP contribution in [0.1, 0.15) is 28.7 Å². The van der Waals surface area contributed by atoms with Gasteiger partial charge in [-0.05, 0) is 49.7 Å². The van der Waals surface area contributed by atoms with Gasteiger partial charge in [-0.25, -0.2) is 0 Å². The van der Waals surface area contributed by atoms with Gasteiger partial charge in [-0.1, -0.05) is 52.6 Å². The van der Waals surface area contributed by atoms with Crippen LogP contribution in [0.2, 0.25) is 15.1 Å². The molecule has 0 radical (unpaired) electrons. The summed E-state index contributed by atoms with van der Waals surface area (Å²) in [6.07, 6.45) is 0. The van der Waals surface area contributed by atoms with Crippen molar-refractivity contribution in [2.24, 2.45) is 0 Å². The first-order valence-corrected chi connectivity index (χ1v) is 11.7. The molecule has 3 rings (SSSR count). The van der Waals surface area contributed by atoms with Crippen LogP contribution in [0.15, 0.2) is 41.6 Å². The quantitative estimate of drug-likeness (QED) is 0.404. The first-order valence-electron chi connectivity index (χ1n) is 9.62. The lowest BCUT2D eigenvalue weighted by atomic mass is 10.2. The number of hydrogen-bond donors (Lipinski definition) is 2. The second kappa shape index (κ2) is 11.0. The molecule has 0 aliphatic heterocycles. The van der Waals surface area contributed by atoms with E-state index in [1.54, 1.807) is 24.3 Å². The minimum atomic E-state index is -0.345. The van der Waals surface area contributed by atoms with Gasteiger partial charge in [0, 0.05) is 22.3 Å². The molecule has 7 nitrogen and oxygen atoms in total. The van der Waals surface area contributed by atoms with Crippen LogP contribution in [-0.4, -0.2) is 32.3 Å². The van der Waals surface area contributed by atoms with Crippen molar-refractivity contribution in [3.63, 3.8) is 0 Å². The molecule has 2 amide bonds. The fourth-order valence-electron chi connectivity index (χ4n) is 2.85. The number of halogens is 3. The van der Waals surface area contributed by atoms with Crippen molar-refractivity contribution < 1.29 is 9.59 Å². The van der Waals surface area contributed by atoms with E-state index in [0.29, 0.717) is 38.8 Å². The molecule has 32 heavy (non-hydrogen) atoms. The van der Waals surface area contributed by atoms with E-state index in [9.17, 15) is 9.59 Å². The highest BCUT2D eigenvalue weighted by Gasteiger charge is 2.16. The Hall–Kier alpha value is -2.26. The van der Waals surface area contributed by atoms with Crippen LogP contribution >= 0.6 is 46.6 Å². The van der Waals surface area contributed by atoms with Crippen molar-refractivity contribution in [3.05, 3.63) is 68.4 Å². The first kappa shape index (κ1) is 24.4. The zero-order chi connectivity index (χ0) is 23.3. The molecule has 0 atom stereocenters. The summed E-state index contributed by atoms with van der Waals surface area (Å²) in [6.45, 7) is 4.57. The molecule has 1 aromatic heterocycles. The van der Waals surface area contributed by atoms with Crippen LogP contribution in [0.4, 0.5) is 5.69 Å². The summed E-state index contributed by atoms with van der Waals surface area (Å²) in [5.74, 6) is 0.192. The van der Waals surface area contributed by atoms with E-state index in [1.807, 2.05) is 24.5 Å². The second-order valence-electron chi connectivity index (χ2n) is 6.75. The summed E-state index contributed by atoms with van der Waals surface area (Å²) in [5, 5.41) is 15.8. The molecule has 0 aliphatic rings. The number of hydrogen-bond acceptors (Lipinski definition) is 5. The van der Waals surface area contributed by atoms with Crippen molar-refractivity contribution in [1.29, 1.82) is 0 Å². The number of thioether (sulfide) groups is 1. The van der Waals surface area contributed by atoms with Gasteiger partial charge >= 0.3 is 0 Å². The molecule has 168 valence electrons. The summed E-state index contributed by atoms with van der Waals surface area (Å²) in [6, 6.07) is 10.00. The van der Waals surface area contributed by atoms with Crippen LogP contribution in [0.3, 0.4) is 0 Å². The standard InChI is InChI=1S/C21H20Cl3N5O2S/c1-3-29-18(10-25-20(31)15-7-6-13(22)8-16(15)24)27-28-21(29)32-11-19(30)26-17-9-14(23)5-4-12(17)2/h4-9H,3,10-11H2,1-2H3,(H,25,31)(H,26,30). The molecule has 0 unspecified atom stereocenters. The Kier molecular flexibility index (Phi) is 8.42. The highest BCUT2D eigenvalue weighted by atomic mass is 35.5. The molecule has 0 saturated carbocycles. The monoisotopic (exact) mass is 511 g/mol. The van der Waals surface area contributed by atoms with E-state index in [0.717, 1.165) is 5.56 Å². The van der Waals surface area contributed by atoms with Crippen molar-refractivity contribution in [3.8, 4) is 0 Å². The van der Waals surface area contributed by atoms with Crippen LogP contribution in [-0.2, 0) is 17.9 Å². The molecule has 2 aromatic carbocycles. The van der Waals surface area contributed by atoms with E-state index in [-0.39, 0.29) is 29.1 Å². The number of aryl methyl sites for hydroxylation is 1. The molecular formula is C21H20Cl3N5O2S. The lowest BCUT2D eigenvalue weighted by molar-refractivity contribution is -0.113. The average molecular weight is 513 g/mol. The van der Waals surface area contributed by atoms with Gasteiger partial charge in [0.05, 0.1) is 22.9 Å². The lowest BCUT2D eigenvalue weighted by Gasteiger charge is -2.10. The normalized spacial score (nSPS) is 10.8. The number of rotatable bonds is 8. The zero-order valence-corrected chi connectivity index (χ0v) is 20.4. The molecule has 1 heterocycles. The van der Waals surface area contributed by atoms with Crippen LogP contribution in [0.5, 0.6) is 0 Å². The second-order valence-corrected chi connectivity index (χ2v) is 8.97. The Bertz CT molecular complexity index is 1150. The highest BCUT2D eigenvalue weighted by Crippen LogP contribution is 2.23. The minimum Gasteiger partial charge on any atom is -0.345 e. The van der Waals surface area contributed by atoms with Gasteiger partial charge in [-0.2, -0.15) is 0 Å². The number of nitrogens with zero attached hydrogens (tertiary/aromatic N) is 3. The smallest absolute Gasteiger partial charge is 0.253 e. The lowest BCUT2D eigenvalue weighted by Crippen LogP contribution is -2.25. The number of nitrogens with one attached hydrogen (secondary N) is 2. The van der Waals surface area contributed by atoms with E-state index >= 15 is 0 Å². The maximum Gasteiger partial charge on any atom is 0.253 e. The van der Waals surface area contributed by atoms with Gasteiger partial charge in [-0.15, -0.1) is 10.2 Å². The van der Waals surface area contributed by atoms with Gasteiger partial charge in [0.1, 0.15) is 0 Å². The Balaban J connectivity index is 1.60. The van der Waals surface area contributed by atoms with E-state index in [4.69, 9.17) is 34.8 Å². The SMILES string of the molecule is CCn1c(CNC(=O)c2ccc(Cl)cc2Cl)nnc1SCC(=O)Nc1cc(Cl)ccc1C. The maximum atomic E-state index is 12.4. The molecule has 11 heteroatoms. The van der Waals surface area contributed by atoms with Gasteiger partial charge in [0.15, 0.2) is 11.0 Å². The Morgan fingerprint density at radius 2 is 1.78 bits per heavy atom. The average Bonchev–Trinajstić information content (AvgIpc) is 3.15. The topological polar surface area (TPSA) is 88.9 Å². The summed E-state index contributed by atoms with van der Waals surface area (Å²) in [4.78, 5) is 24.8. The molecule has 0 saturated heterocycles. The predicted octanol–water partition coefficient (Wildman–Crippen LogP) is 5.23. The van der Waals surface area contributed by atoms with Crippen molar-refractivity contribution in [1.82, 2.24) is 20.1 Å². The van der Waals surface area contributed by atoms with Gasteiger partial charge < -0.3 is 15.2 Å². The number of aromatic nitrogens is 3. The van der Waals surface area contributed by atoms with Crippen LogP contribution in [0, 0.1) is 6.92 Å². The maximum absolute atomic E-state index is 12.4. The highest BCUT2D eigenvalue weighted by molar-refractivity contribution is 7.99. The Morgan fingerprint density at radius 1 is 1.06 bits per heavy atom. The van der Waals surface area contributed by atoms with Crippen LogP contribution < -0.4 is 10.6 Å². The van der Waals surface area contributed by atoms with E-state index < -0.39 is 0 Å². The van der Waals surface area contributed by atoms with E-state index in [1.165, 1.54) is 17.8 Å². The summed E-state index contributed by atoms with van der Waals surface area (Å²) in [7, 11) is 0. The fourth-order valence-corrected chi connectivity index (χ4v) is 4.34. The third-order valence-corrected chi connectivity index (χ3v) is 6.25. The molecule has 0 aliphatic carbocycles. The minimum absolute atomic E-state index is 0.150. The Morgan fingerprint density at radius 3 is 2.50 bits per heavy atom. The van der Waals surface area contributed by atoms with Crippen molar-refractivity contribution in [2.45, 2.75) is 32.1 Å². The summed E-state index contributed by atoms with van der Waals surface area (Å²) in [5.41, 5.74) is 1.91. The van der Waals surface area contributed by atoms with Gasteiger partial charge in [-0.3, -0.25) is 9.59 Å². The number of amides is 2. The fraction of sp³-hybridized carbons (Fsp3) is 0.238. The predicted molar refractivity (Wildman–Crippen MR) is 129 cm³/mol. The van der Waals surface area contributed by atoms with E-state index in [2.05, 4.69) is 20.8 Å². The van der Waals surface area contributed by atoms with Crippen molar-refractivity contribution in [2.75, 3.05) is 11.1 Å². The molecular weight excluding hydrogens is 493 g/mol. The van der Waals surface area contributed by atoms with Crippen LogP contribution in [0.25, 0.3) is 0 Å². The molecule has 0 bridgehead atoms. The zero-order valence-electron chi connectivity index (χ0n) is 17.3. The number of anilines is 1. The number of benzene rings is 2. The molecule has 0 spiro atoms. The van der Waals surface area contributed by atoms with Gasteiger partial charge in [0.2, 0.25) is 5.91 Å². The molecule has 2 N–H and O–H groups in total. The molecule has 3 aromatic rings. The number of carbonyl (C=O) groups is 2. The Labute approximate surface area is 204 Å². The first-order chi connectivity index (χ1) is 15.3. The third kappa shape index (κ3) is 6.16. The largest absolute Gasteiger partial charge is 0.345 e. The number of carbonyl (C=O) groups excluding carboxylic acids is 2.